The first-order valence-electron chi connectivity index (χ1n) is 10.2. The summed E-state index contributed by atoms with van der Waals surface area (Å²) in [6, 6.07) is 21.5. The maximum Gasteiger partial charge on any atom is 0.355 e. The number of ether oxygens (including phenoxy) is 2. The summed E-state index contributed by atoms with van der Waals surface area (Å²) in [6.07, 6.45) is 0.746. The predicted octanol–water partition coefficient (Wildman–Crippen LogP) is 6.45. The molecule has 0 fully saturated rings. The van der Waals surface area contributed by atoms with E-state index in [4.69, 9.17) is 21.1 Å². The standard InChI is InChI=1S/C25H18BrClN2O4S/c1-15(32-20-8-4-3-7-19(20)26)24(30)29-28-14-16-10-12-17(13-11-16)33-25(31)23-22(27)18-6-2-5-9-21(18)34-23/h2-15H,1H3,(H,29,30). The van der Waals surface area contributed by atoms with E-state index in [0.717, 1.165) is 14.6 Å². The fourth-order valence-corrected chi connectivity index (χ4v) is 4.73. The van der Waals surface area contributed by atoms with Crippen LogP contribution >= 0.6 is 38.9 Å². The number of amides is 1. The van der Waals surface area contributed by atoms with Crippen LogP contribution in [0.4, 0.5) is 0 Å². The van der Waals surface area contributed by atoms with Crippen LogP contribution in [-0.4, -0.2) is 24.2 Å². The average Bonchev–Trinajstić information content (AvgIpc) is 3.18. The summed E-state index contributed by atoms with van der Waals surface area (Å²) in [4.78, 5) is 25.1. The Morgan fingerprint density at radius 2 is 1.76 bits per heavy atom. The molecule has 9 heteroatoms. The number of fused-ring (bicyclic) bond motifs is 1. The van der Waals surface area contributed by atoms with E-state index in [2.05, 4.69) is 26.5 Å². The smallest absolute Gasteiger partial charge is 0.355 e. The molecule has 1 aromatic heterocycles. The molecular weight excluding hydrogens is 540 g/mol. The molecule has 0 aliphatic carbocycles. The molecule has 4 aromatic rings. The summed E-state index contributed by atoms with van der Waals surface area (Å²) >= 11 is 11.0. The minimum absolute atomic E-state index is 0.357. The fraction of sp³-hybridized carbons (Fsp3) is 0.0800. The van der Waals surface area contributed by atoms with Gasteiger partial charge in [-0.1, -0.05) is 41.9 Å². The van der Waals surface area contributed by atoms with Gasteiger partial charge in [0.15, 0.2) is 6.10 Å². The molecule has 0 aliphatic rings. The minimum Gasteiger partial charge on any atom is -0.480 e. The van der Waals surface area contributed by atoms with Crippen LogP contribution in [0.3, 0.4) is 0 Å². The number of hydrazone groups is 1. The first kappa shape index (κ1) is 23.9. The van der Waals surface area contributed by atoms with E-state index in [0.29, 0.717) is 27.0 Å². The van der Waals surface area contributed by atoms with Crippen LogP contribution in [0.15, 0.2) is 82.4 Å². The molecule has 3 aromatic carbocycles. The van der Waals surface area contributed by atoms with E-state index in [1.165, 1.54) is 17.6 Å². The van der Waals surface area contributed by atoms with Crippen molar-refractivity contribution in [2.45, 2.75) is 13.0 Å². The number of para-hydroxylation sites is 1. The summed E-state index contributed by atoms with van der Waals surface area (Å²) in [6.45, 7) is 1.64. The lowest BCUT2D eigenvalue weighted by Gasteiger charge is -2.13. The Hall–Kier alpha value is -3.20. The van der Waals surface area contributed by atoms with E-state index in [1.807, 2.05) is 42.5 Å². The summed E-state index contributed by atoms with van der Waals surface area (Å²) in [5, 5.41) is 5.18. The SMILES string of the molecule is CC(Oc1ccccc1Br)C(=O)NN=Cc1ccc(OC(=O)c2sc3ccccc3c2Cl)cc1. The minimum atomic E-state index is -0.738. The molecule has 0 radical (unpaired) electrons. The Morgan fingerprint density at radius 1 is 1.06 bits per heavy atom. The molecule has 1 N–H and O–H groups in total. The van der Waals surface area contributed by atoms with Crippen LogP contribution in [0.5, 0.6) is 11.5 Å². The third-order valence-electron chi connectivity index (χ3n) is 4.71. The number of rotatable bonds is 7. The van der Waals surface area contributed by atoms with Crippen molar-refractivity contribution >= 4 is 67.0 Å². The topological polar surface area (TPSA) is 77.0 Å². The molecule has 1 heterocycles. The predicted molar refractivity (Wildman–Crippen MR) is 138 cm³/mol. The highest BCUT2D eigenvalue weighted by Crippen LogP contribution is 2.35. The third-order valence-corrected chi connectivity index (χ3v) is 7.02. The Morgan fingerprint density at radius 3 is 2.50 bits per heavy atom. The number of nitrogens with zero attached hydrogens (tertiary/aromatic N) is 1. The second-order valence-electron chi connectivity index (χ2n) is 7.12. The highest BCUT2D eigenvalue weighted by atomic mass is 79.9. The molecule has 0 bridgehead atoms. The molecule has 0 spiro atoms. The van der Waals surface area contributed by atoms with Crippen LogP contribution in [0, 0.1) is 0 Å². The van der Waals surface area contributed by atoms with Crippen LogP contribution in [0.2, 0.25) is 5.02 Å². The first-order chi connectivity index (χ1) is 16.4. The van der Waals surface area contributed by atoms with Crippen LogP contribution in [0.25, 0.3) is 10.1 Å². The van der Waals surface area contributed by atoms with Gasteiger partial charge in [0.25, 0.3) is 5.91 Å². The number of nitrogens with one attached hydrogen (secondary N) is 1. The van der Waals surface area contributed by atoms with Crippen molar-refractivity contribution in [2.75, 3.05) is 0 Å². The molecule has 0 saturated carbocycles. The zero-order valence-electron chi connectivity index (χ0n) is 17.8. The van der Waals surface area contributed by atoms with Crippen LogP contribution in [0.1, 0.15) is 22.2 Å². The first-order valence-corrected chi connectivity index (χ1v) is 12.1. The second kappa shape index (κ2) is 10.8. The molecular formula is C25H18BrClN2O4S. The van der Waals surface area contributed by atoms with Crippen molar-refractivity contribution in [2.24, 2.45) is 5.10 Å². The number of thiophene rings is 1. The number of carbonyl (C=O) groups excluding carboxylic acids is 2. The number of benzene rings is 3. The Balaban J connectivity index is 1.32. The number of hydrogen-bond donors (Lipinski definition) is 1. The van der Waals surface area contributed by atoms with Crippen molar-refractivity contribution < 1.29 is 19.1 Å². The molecule has 6 nitrogen and oxygen atoms in total. The summed E-state index contributed by atoms with van der Waals surface area (Å²) in [5.74, 6) is 0.0306. The van der Waals surface area contributed by atoms with E-state index in [9.17, 15) is 9.59 Å². The summed E-state index contributed by atoms with van der Waals surface area (Å²) in [7, 11) is 0. The monoisotopic (exact) mass is 556 g/mol. The van der Waals surface area contributed by atoms with E-state index in [1.54, 1.807) is 37.3 Å². The summed E-state index contributed by atoms with van der Waals surface area (Å²) in [5.41, 5.74) is 3.16. The molecule has 4 rings (SSSR count). The van der Waals surface area contributed by atoms with Gasteiger partial charge in [-0.2, -0.15) is 5.10 Å². The van der Waals surface area contributed by atoms with Gasteiger partial charge in [0, 0.05) is 10.1 Å². The van der Waals surface area contributed by atoms with Gasteiger partial charge in [0.1, 0.15) is 16.4 Å². The number of esters is 1. The largest absolute Gasteiger partial charge is 0.480 e. The molecule has 0 saturated heterocycles. The van der Waals surface area contributed by atoms with Gasteiger partial charge in [0.2, 0.25) is 0 Å². The second-order valence-corrected chi connectivity index (χ2v) is 9.41. The lowest BCUT2D eigenvalue weighted by molar-refractivity contribution is -0.127. The third kappa shape index (κ3) is 5.64. The molecule has 1 atom stereocenters. The van der Waals surface area contributed by atoms with Gasteiger partial charge in [-0.25, -0.2) is 10.2 Å². The zero-order chi connectivity index (χ0) is 24.1. The molecule has 1 unspecified atom stereocenters. The molecule has 172 valence electrons. The lowest BCUT2D eigenvalue weighted by Crippen LogP contribution is -2.33. The Bertz CT molecular complexity index is 1370. The highest BCUT2D eigenvalue weighted by molar-refractivity contribution is 9.10. The van der Waals surface area contributed by atoms with Gasteiger partial charge in [-0.05, 0) is 70.9 Å². The summed E-state index contributed by atoms with van der Waals surface area (Å²) < 4.78 is 12.8. The highest BCUT2D eigenvalue weighted by Gasteiger charge is 2.19. The van der Waals surface area contributed by atoms with Crippen LogP contribution < -0.4 is 14.9 Å². The normalized spacial score (nSPS) is 12.0. The van der Waals surface area contributed by atoms with Crippen molar-refractivity contribution in [3.63, 3.8) is 0 Å². The maximum atomic E-state index is 12.6. The fourth-order valence-electron chi connectivity index (χ4n) is 2.97. The van der Waals surface area contributed by atoms with Crippen molar-refractivity contribution in [1.82, 2.24) is 5.43 Å². The lowest BCUT2D eigenvalue weighted by atomic mass is 10.2. The number of hydrogen-bond acceptors (Lipinski definition) is 6. The molecule has 34 heavy (non-hydrogen) atoms. The Labute approximate surface area is 213 Å². The number of carbonyl (C=O) groups is 2. The van der Waals surface area contributed by atoms with Gasteiger partial charge in [-0.15, -0.1) is 11.3 Å². The van der Waals surface area contributed by atoms with E-state index >= 15 is 0 Å². The molecule has 0 aliphatic heterocycles. The number of halogens is 2. The van der Waals surface area contributed by atoms with Crippen LogP contribution in [-0.2, 0) is 4.79 Å². The van der Waals surface area contributed by atoms with Crippen molar-refractivity contribution in [3.8, 4) is 11.5 Å². The van der Waals surface area contributed by atoms with Gasteiger partial charge in [0.05, 0.1) is 15.7 Å². The van der Waals surface area contributed by atoms with Crippen molar-refractivity contribution in [3.05, 3.63) is 92.7 Å². The average molecular weight is 558 g/mol. The van der Waals surface area contributed by atoms with Crippen molar-refractivity contribution in [1.29, 1.82) is 0 Å². The molecule has 1 amide bonds. The maximum absolute atomic E-state index is 12.6. The van der Waals surface area contributed by atoms with E-state index < -0.39 is 18.0 Å². The van der Waals surface area contributed by atoms with Gasteiger partial charge >= 0.3 is 5.97 Å². The van der Waals surface area contributed by atoms with Gasteiger partial charge in [-0.3, -0.25) is 4.79 Å². The quantitative estimate of drug-likeness (QED) is 0.123. The van der Waals surface area contributed by atoms with E-state index in [-0.39, 0.29) is 0 Å². The van der Waals surface area contributed by atoms with Gasteiger partial charge < -0.3 is 9.47 Å². The zero-order valence-corrected chi connectivity index (χ0v) is 21.0. The Kier molecular flexibility index (Phi) is 7.62.